The summed E-state index contributed by atoms with van der Waals surface area (Å²) in [6.07, 6.45) is 1.72. The Morgan fingerprint density at radius 3 is 2.83 bits per heavy atom. The number of anilines is 2. The van der Waals surface area contributed by atoms with Crippen LogP contribution in [0.25, 0.3) is 11.0 Å². The number of amides is 1. The van der Waals surface area contributed by atoms with Crippen molar-refractivity contribution in [2.45, 2.75) is 0 Å². The molecule has 0 saturated carbocycles. The maximum absolute atomic E-state index is 12.3. The number of para-hydroxylation sites is 1. The molecule has 1 aliphatic heterocycles. The van der Waals surface area contributed by atoms with Crippen LogP contribution >= 0.6 is 0 Å². The van der Waals surface area contributed by atoms with Crippen LogP contribution in [0.1, 0.15) is 10.6 Å². The van der Waals surface area contributed by atoms with E-state index in [9.17, 15) is 9.59 Å². The molecule has 150 valence electrons. The van der Waals surface area contributed by atoms with E-state index in [2.05, 4.69) is 25.7 Å². The number of hydrogen-bond donors (Lipinski definition) is 2. The molecule has 2 aromatic heterocycles. The third-order valence-corrected chi connectivity index (χ3v) is 4.59. The Kier molecular flexibility index (Phi) is 5.66. The monoisotopic (exact) mass is 395 g/mol. The van der Waals surface area contributed by atoms with Crippen molar-refractivity contribution < 1.29 is 13.9 Å². The van der Waals surface area contributed by atoms with Gasteiger partial charge in [-0.3, -0.25) is 9.59 Å². The highest BCUT2D eigenvalue weighted by Crippen LogP contribution is 2.17. The summed E-state index contributed by atoms with van der Waals surface area (Å²) in [5.41, 5.74) is 1.12. The molecule has 4 rings (SSSR count). The van der Waals surface area contributed by atoms with E-state index < -0.39 is 5.91 Å². The summed E-state index contributed by atoms with van der Waals surface area (Å²) in [6, 6.07) is 9.96. The average Bonchev–Trinajstić information content (AvgIpc) is 2.77. The first-order valence-electron chi connectivity index (χ1n) is 9.41. The molecule has 0 bridgehead atoms. The van der Waals surface area contributed by atoms with E-state index in [4.69, 9.17) is 9.15 Å². The van der Waals surface area contributed by atoms with Crippen molar-refractivity contribution >= 4 is 28.4 Å². The van der Waals surface area contributed by atoms with E-state index in [0.29, 0.717) is 43.1 Å². The van der Waals surface area contributed by atoms with Crippen LogP contribution in [0, 0.1) is 0 Å². The van der Waals surface area contributed by atoms with Crippen molar-refractivity contribution in [2.24, 2.45) is 0 Å². The molecule has 0 unspecified atom stereocenters. The molecule has 1 aromatic carbocycles. The summed E-state index contributed by atoms with van der Waals surface area (Å²) in [6.45, 7) is 3.81. The molecule has 2 N–H and O–H groups in total. The van der Waals surface area contributed by atoms with Crippen LogP contribution in [0.3, 0.4) is 0 Å². The van der Waals surface area contributed by atoms with Crippen LogP contribution in [0.5, 0.6) is 0 Å². The van der Waals surface area contributed by atoms with Crippen LogP contribution in [0.4, 0.5) is 11.5 Å². The van der Waals surface area contributed by atoms with Crippen LogP contribution < -0.4 is 21.0 Å². The van der Waals surface area contributed by atoms with Gasteiger partial charge >= 0.3 is 0 Å². The van der Waals surface area contributed by atoms with Gasteiger partial charge in [-0.05, 0) is 12.1 Å². The number of nitrogens with zero attached hydrogens (tertiary/aromatic N) is 3. The Balaban J connectivity index is 1.31. The number of benzene rings is 1. The highest BCUT2D eigenvalue weighted by Gasteiger charge is 2.13. The maximum Gasteiger partial charge on any atom is 0.287 e. The van der Waals surface area contributed by atoms with Crippen LogP contribution in [0.2, 0.25) is 0 Å². The molecule has 0 atom stereocenters. The highest BCUT2D eigenvalue weighted by atomic mass is 16.5. The molecular weight excluding hydrogens is 374 g/mol. The molecule has 0 aliphatic carbocycles. The lowest BCUT2D eigenvalue weighted by Gasteiger charge is -2.28. The lowest BCUT2D eigenvalue weighted by atomic mass is 10.2. The molecule has 0 spiro atoms. The van der Waals surface area contributed by atoms with Gasteiger partial charge in [-0.2, -0.15) is 5.10 Å². The van der Waals surface area contributed by atoms with Gasteiger partial charge in [0.05, 0.1) is 30.5 Å². The van der Waals surface area contributed by atoms with E-state index in [1.165, 1.54) is 6.07 Å². The van der Waals surface area contributed by atoms with Gasteiger partial charge in [0.15, 0.2) is 17.0 Å². The Labute approximate surface area is 166 Å². The van der Waals surface area contributed by atoms with Gasteiger partial charge in [0.2, 0.25) is 0 Å². The van der Waals surface area contributed by atoms with Gasteiger partial charge in [-0.25, -0.2) is 0 Å². The van der Waals surface area contributed by atoms with Crippen molar-refractivity contribution in [1.29, 1.82) is 0 Å². The van der Waals surface area contributed by atoms with E-state index in [0.717, 1.165) is 18.8 Å². The summed E-state index contributed by atoms with van der Waals surface area (Å²) in [7, 11) is 0. The van der Waals surface area contributed by atoms with Gasteiger partial charge in [-0.1, -0.05) is 12.1 Å². The molecule has 0 radical (unpaired) electrons. The lowest BCUT2D eigenvalue weighted by Crippen LogP contribution is -2.36. The van der Waals surface area contributed by atoms with Gasteiger partial charge in [-0.15, -0.1) is 5.10 Å². The zero-order chi connectivity index (χ0) is 20.1. The van der Waals surface area contributed by atoms with Crippen molar-refractivity contribution in [3.05, 3.63) is 58.6 Å². The van der Waals surface area contributed by atoms with Crippen LogP contribution in [0.15, 0.2) is 51.8 Å². The number of rotatable bonds is 6. The summed E-state index contributed by atoms with van der Waals surface area (Å²) >= 11 is 0. The van der Waals surface area contributed by atoms with E-state index in [1.54, 1.807) is 30.5 Å². The second kappa shape index (κ2) is 8.70. The molecule has 3 aromatic rings. The van der Waals surface area contributed by atoms with Gasteiger partial charge in [0, 0.05) is 38.3 Å². The number of morpholine rings is 1. The van der Waals surface area contributed by atoms with Crippen molar-refractivity contribution in [1.82, 2.24) is 15.5 Å². The zero-order valence-corrected chi connectivity index (χ0v) is 15.8. The Bertz CT molecular complexity index is 1060. The Hall–Kier alpha value is -3.46. The second-order valence-electron chi connectivity index (χ2n) is 6.55. The van der Waals surface area contributed by atoms with Gasteiger partial charge in [0.1, 0.15) is 5.58 Å². The van der Waals surface area contributed by atoms with Gasteiger partial charge in [0.25, 0.3) is 5.91 Å². The van der Waals surface area contributed by atoms with Crippen molar-refractivity contribution in [2.75, 3.05) is 49.6 Å². The number of aromatic nitrogens is 2. The number of carbonyl (C=O) groups excluding carboxylic acids is 1. The Morgan fingerprint density at radius 2 is 1.97 bits per heavy atom. The minimum absolute atomic E-state index is 0.0113. The number of fused-ring (bicyclic) bond motifs is 1. The number of carbonyl (C=O) groups is 1. The standard InChI is InChI=1S/C20H21N5O4/c26-16-12-18(29-17-4-2-1-3-15(16)17)20(27)22-6-5-21-19-11-14(13-23-24-19)25-7-9-28-10-8-25/h1-4,11-13H,5-10H2,(H,21,24)(H,22,27). The quantitative estimate of drug-likeness (QED) is 0.601. The molecule has 1 fully saturated rings. The molecular formula is C20H21N5O4. The van der Waals surface area contributed by atoms with Crippen molar-refractivity contribution in [3.63, 3.8) is 0 Å². The van der Waals surface area contributed by atoms with E-state index in [-0.39, 0.29) is 11.2 Å². The summed E-state index contributed by atoms with van der Waals surface area (Å²) in [5.74, 6) is 0.172. The third-order valence-electron chi connectivity index (χ3n) is 4.59. The maximum atomic E-state index is 12.3. The minimum Gasteiger partial charge on any atom is -0.451 e. The Morgan fingerprint density at radius 1 is 1.14 bits per heavy atom. The topological polar surface area (TPSA) is 110 Å². The lowest BCUT2D eigenvalue weighted by molar-refractivity contribution is 0.0928. The largest absolute Gasteiger partial charge is 0.451 e. The molecule has 9 heteroatoms. The third kappa shape index (κ3) is 4.52. The molecule has 1 saturated heterocycles. The average molecular weight is 395 g/mol. The summed E-state index contributed by atoms with van der Waals surface area (Å²) in [4.78, 5) is 26.6. The SMILES string of the molecule is O=C(NCCNc1cc(N2CCOCC2)cnn1)c1cc(=O)c2ccccc2o1. The number of nitrogens with one attached hydrogen (secondary N) is 2. The predicted molar refractivity (Wildman–Crippen MR) is 108 cm³/mol. The zero-order valence-electron chi connectivity index (χ0n) is 15.8. The van der Waals surface area contributed by atoms with Crippen molar-refractivity contribution in [3.8, 4) is 0 Å². The molecule has 1 amide bonds. The van der Waals surface area contributed by atoms with Crippen LogP contribution in [-0.4, -0.2) is 55.5 Å². The highest BCUT2D eigenvalue weighted by molar-refractivity contribution is 5.93. The summed E-state index contributed by atoms with van der Waals surface area (Å²) in [5, 5.41) is 14.4. The normalized spacial score (nSPS) is 14.0. The smallest absolute Gasteiger partial charge is 0.287 e. The van der Waals surface area contributed by atoms with Gasteiger partial charge < -0.3 is 24.7 Å². The van der Waals surface area contributed by atoms with E-state index in [1.807, 2.05) is 6.07 Å². The fourth-order valence-electron chi connectivity index (χ4n) is 3.11. The summed E-state index contributed by atoms with van der Waals surface area (Å²) < 4.78 is 10.9. The first-order chi connectivity index (χ1) is 14.2. The number of ether oxygens (including phenoxy) is 1. The first kappa shape index (κ1) is 18.9. The molecule has 9 nitrogen and oxygen atoms in total. The fourth-order valence-corrected chi connectivity index (χ4v) is 3.11. The van der Waals surface area contributed by atoms with E-state index >= 15 is 0 Å². The molecule has 3 heterocycles. The fraction of sp³-hybridized carbons (Fsp3) is 0.300. The predicted octanol–water partition coefficient (Wildman–Crippen LogP) is 1.26. The number of hydrogen-bond acceptors (Lipinski definition) is 8. The minimum atomic E-state index is -0.442. The first-order valence-corrected chi connectivity index (χ1v) is 9.41. The molecule has 29 heavy (non-hydrogen) atoms. The second-order valence-corrected chi connectivity index (χ2v) is 6.55. The van der Waals surface area contributed by atoms with Crippen LogP contribution in [-0.2, 0) is 4.74 Å². The molecule has 1 aliphatic rings.